The third-order valence-corrected chi connectivity index (χ3v) is 6.31. The third-order valence-electron chi connectivity index (χ3n) is 6.31. The molecule has 5 aromatic rings. The van der Waals surface area contributed by atoms with E-state index >= 15 is 0 Å². The van der Waals surface area contributed by atoms with Gasteiger partial charge in [-0.25, -0.2) is 9.97 Å². The van der Waals surface area contributed by atoms with Crippen LogP contribution in [-0.2, 0) is 25.7 Å². The summed E-state index contributed by atoms with van der Waals surface area (Å²) < 4.78 is 0. The molecule has 5 rings (SSSR count). The number of aryl methyl sites for hydroxylation is 4. The molecule has 0 saturated carbocycles. The summed E-state index contributed by atoms with van der Waals surface area (Å²) in [7, 11) is 0. The Morgan fingerprint density at radius 2 is 0.778 bits per heavy atom. The van der Waals surface area contributed by atoms with Crippen molar-refractivity contribution in [1.29, 1.82) is 0 Å². The Morgan fingerprint density at radius 1 is 0.417 bits per heavy atom. The van der Waals surface area contributed by atoms with Gasteiger partial charge in [-0.15, -0.1) is 0 Å². The number of phenolic OH excluding ortho intramolecular Hbond substituents is 2. The number of phenols is 2. The quantitative estimate of drug-likeness (QED) is 0.261. The smallest absolute Gasteiger partial charge is 0.115 e. The lowest BCUT2D eigenvalue weighted by molar-refractivity contribution is 0.475. The molecule has 0 atom stereocenters. The Hall–Kier alpha value is -4.44. The van der Waals surface area contributed by atoms with E-state index in [4.69, 9.17) is 9.97 Å². The number of benzene rings is 4. The van der Waals surface area contributed by atoms with Gasteiger partial charge in [-0.2, -0.15) is 0 Å². The molecular formula is C32H28N2O2. The zero-order chi connectivity index (χ0) is 24.7. The predicted molar refractivity (Wildman–Crippen MR) is 144 cm³/mol. The molecule has 36 heavy (non-hydrogen) atoms. The molecule has 0 radical (unpaired) electrons. The van der Waals surface area contributed by atoms with Crippen LogP contribution in [0.4, 0.5) is 0 Å². The number of aromatic hydroxyl groups is 2. The SMILES string of the molecule is Oc1ccc(-c2nc(CCc3ccccc3)c(-c3ccc(O)cc3)nc2CCc2ccccc2)cc1. The van der Waals surface area contributed by atoms with Gasteiger partial charge in [-0.3, -0.25) is 0 Å². The van der Waals surface area contributed by atoms with Gasteiger partial charge in [0.05, 0.1) is 22.8 Å². The van der Waals surface area contributed by atoms with Crippen LogP contribution in [-0.4, -0.2) is 20.2 Å². The van der Waals surface area contributed by atoms with Gasteiger partial charge in [-0.1, -0.05) is 60.7 Å². The maximum absolute atomic E-state index is 9.85. The average Bonchev–Trinajstić information content (AvgIpc) is 2.93. The van der Waals surface area contributed by atoms with Gasteiger partial charge in [0.2, 0.25) is 0 Å². The minimum atomic E-state index is 0.225. The highest BCUT2D eigenvalue weighted by molar-refractivity contribution is 5.69. The standard InChI is InChI=1S/C32H28N2O2/c35-27-17-13-25(14-18-27)31-29(21-11-23-7-3-1-4-8-23)33-32(26-15-19-28(36)20-16-26)30(34-31)22-12-24-9-5-2-6-10-24/h1-10,13-20,35-36H,11-12,21-22H2. The molecule has 0 spiro atoms. The molecule has 178 valence electrons. The van der Waals surface area contributed by atoms with Crippen LogP contribution in [0, 0.1) is 0 Å². The Morgan fingerprint density at radius 3 is 1.14 bits per heavy atom. The first-order valence-corrected chi connectivity index (χ1v) is 12.2. The first-order valence-electron chi connectivity index (χ1n) is 12.2. The normalized spacial score (nSPS) is 10.9. The molecule has 1 heterocycles. The van der Waals surface area contributed by atoms with E-state index in [1.54, 1.807) is 24.3 Å². The van der Waals surface area contributed by atoms with Crippen molar-refractivity contribution in [2.24, 2.45) is 0 Å². The minimum Gasteiger partial charge on any atom is -0.508 e. The van der Waals surface area contributed by atoms with Crippen LogP contribution >= 0.6 is 0 Å². The van der Waals surface area contributed by atoms with Crippen molar-refractivity contribution in [3.63, 3.8) is 0 Å². The number of hydrogen-bond donors (Lipinski definition) is 2. The molecule has 0 aliphatic carbocycles. The van der Waals surface area contributed by atoms with Gasteiger partial charge in [-0.05, 0) is 85.3 Å². The monoisotopic (exact) mass is 472 g/mol. The molecule has 0 fully saturated rings. The predicted octanol–water partition coefficient (Wildman–Crippen LogP) is 6.79. The second-order valence-corrected chi connectivity index (χ2v) is 8.88. The van der Waals surface area contributed by atoms with Crippen molar-refractivity contribution in [3.05, 3.63) is 132 Å². The maximum Gasteiger partial charge on any atom is 0.115 e. The second-order valence-electron chi connectivity index (χ2n) is 8.88. The van der Waals surface area contributed by atoms with Crippen LogP contribution < -0.4 is 0 Å². The summed E-state index contributed by atoms with van der Waals surface area (Å²) >= 11 is 0. The van der Waals surface area contributed by atoms with E-state index in [1.807, 2.05) is 36.4 Å². The molecule has 0 aliphatic rings. The van der Waals surface area contributed by atoms with Gasteiger partial charge in [0, 0.05) is 11.1 Å². The zero-order valence-corrected chi connectivity index (χ0v) is 20.0. The topological polar surface area (TPSA) is 66.2 Å². The molecule has 0 saturated heterocycles. The summed E-state index contributed by atoms with van der Waals surface area (Å²) in [6.07, 6.45) is 3.16. The number of aromatic nitrogens is 2. The van der Waals surface area contributed by atoms with Crippen LogP contribution in [0.1, 0.15) is 22.5 Å². The fourth-order valence-corrected chi connectivity index (χ4v) is 4.37. The Bertz CT molecular complexity index is 1300. The van der Waals surface area contributed by atoms with Gasteiger partial charge in [0.15, 0.2) is 0 Å². The van der Waals surface area contributed by atoms with E-state index in [0.717, 1.165) is 59.6 Å². The summed E-state index contributed by atoms with van der Waals surface area (Å²) in [6.45, 7) is 0. The first-order chi connectivity index (χ1) is 17.7. The number of rotatable bonds is 8. The summed E-state index contributed by atoms with van der Waals surface area (Å²) in [5, 5.41) is 19.7. The highest BCUT2D eigenvalue weighted by Gasteiger charge is 2.17. The molecule has 0 amide bonds. The molecule has 2 N–H and O–H groups in total. The van der Waals surface area contributed by atoms with Gasteiger partial charge in [0.25, 0.3) is 0 Å². The van der Waals surface area contributed by atoms with Crippen LogP contribution in [0.3, 0.4) is 0 Å². The highest BCUT2D eigenvalue weighted by atomic mass is 16.3. The van der Waals surface area contributed by atoms with Crippen molar-refractivity contribution in [3.8, 4) is 34.0 Å². The van der Waals surface area contributed by atoms with Crippen molar-refractivity contribution in [2.45, 2.75) is 25.7 Å². The second kappa shape index (κ2) is 10.9. The maximum atomic E-state index is 9.85. The number of hydrogen-bond acceptors (Lipinski definition) is 4. The summed E-state index contributed by atoms with van der Waals surface area (Å²) in [5.41, 5.74) is 7.87. The van der Waals surface area contributed by atoms with E-state index in [9.17, 15) is 10.2 Å². The summed E-state index contributed by atoms with van der Waals surface area (Å²) in [5.74, 6) is 0.449. The lowest BCUT2D eigenvalue weighted by Gasteiger charge is -2.16. The molecular weight excluding hydrogens is 444 g/mol. The molecule has 4 aromatic carbocycles. The fraction of sp³-hybridized carbons (Fsp3) is 0.125. The van der Waals surface area contributed by atoms with E-state index in [0.29, 0.717) is 0 Å². The van der Waals surface area contributed by atoms with Crippen LogP contribution in [0.15, 0.2) is 109 Å². The van der Waals surface area contributed by atoms with Crippen LogP contribution in [0.25, 0.3) is 22.5 Å². The van der Waals surface area contributed by atoms with Crippen LogP contribution in [0.2, 0.25) is 0 Å². The Kier molecular flexibility index (Phi) is 7.04. The highest BCUT2D eigenvalue weighted by Crippen LogP contribution is 2.30. The third kappa shape index (κ3) is 5.61. The van der Waals surface area contributed by atoms with Gasteiger partial charge >= 0.3 is 0 Å². The Balaban J connectivity index is 1.59. The van der Waals surface area contributed by atoms with E-state index in [2.05, 4.69) is 48.5 Å². The lowest BCUT2D eigenvalue weighted by atomic mass is 9.99. The van der Waals surface area contributed by atoms with E-state index < -0.39 is 0 Å². The van der Waals surface area contributed by atoms with Crippen molar-refractivity contribution in [1.82, 2.24) is 9.97 Å². The lowest BCUT2D eigenvalue weighted by Crippen LogP contribution is -2.08. The van der Waals surface area contributed by atoms with Gasteiger partial charge < -0.3 is 10.2 Å². The molecule has 4 heteroatoms. The fourth-order valence-electron chi connectivity index (χ4n) is 4.37. The van der Waals surface area contributed by atoms with Crippen molar-refractivity contribution >= 4 is 0 Å². The van der Waals surface area contributed by atoms with Gasteiger partial charge in [0.1, 0.15) is 11.5 Å². The first kappa shape index (κ1) is 23.3. The Labute approximate surface area is 211 Å². The molecule has 0 unspecified atom stereocenters. The molecule has 1 aromatic heterocycles. The minimum absolute atomic E-state index is 0.225. The summed E-state index contributed by atoms with van der Waals surface area (Å²) in [6, 6.07) is 35.1. The molecule has 0 aliphatic heterocycles. The van der Waals surface area contributed by atoms with Crippen LogP contribution in [0.5, 0.6) is 11.5 Å². The summed E-state index contributed by atoms with van der Waals surface area (Å²) in [4.78, 5) is 10.4. The number of nitrogens with zero attached hydrogens (tertiary/aromatic N) is 2. The van der Waals surface area contributed by atoms with E-state index in [-0.39, 0.29) is 11.5 Å². The largest absolute Gasteiger partial charge is 0.508 e. The zero-order valence-electron chi connectivity index (χ0n) is 20.0. The van der Waals surface area contributed by atoms with Crippen molar-refractivity contribution in [2.75, 3.05) is 0 Å². The molecule has 4 nitrogen and oxygen atoms in total. The molecule has 0 bridgehead atoms. The van der Waals surface area contributed by atoms with Crippen molar-refractivity contribution < 1.29 is 10.2 Å². The average molecular weight is 473 g/mol. The van der Waals surface area contributed by atoms with E-state index in [1.165, 1.54) is 11.1 Å².